The Hall–Kier alpha value is -2.34. The number of alkyl halides is 3. The van der Waals surface area contributed by atoms with E-state index in [0.29, 0.717) is 6.42 Å². The maximum absolute atomic E-state index is 13.1. The first-order valence-electron chi connectivity index (χ1n) is 9.40. The fourth-order valence-electron chi connectivity index (χ4n) is 3.58. The monoisotopic (exact) mass is 392 g/mol. The minimum absolute atomic E-state index is 0.120. The van der Waals surface area contributed by atoms with Crippen LogP contribution in [0.5, 0.6) is 0 Å². The molecule has 0 saturated carbocycles. The summed E-state index contributed by atoms with van der Waals surface area (Å²) in [6.45, 7) is 4.00. The second-order valence-electron chi connectivity index (χ2n) is 6.84. The maximum Gasteiger partial charge on any atom is 0.416 e. The number of rotatable bonds is 3. The fraction of sp³-hybridized carbons (Fsp3) is 0.409. The predicted octanol–water partition coefficient (Wildman–Crippen LogP) is 5.48. The molecule has 0 bridgehead atoms. The van der Waals surface area contributed by atoms with E-state index in [9.17, 15) is 18.0 Å². The third-order valence-electron chi connectivity index (χ3n) is 5.00. The van der Waals surface area contributed by atoms with E-state index >= 15 is 0 Å². The number of hydrogen-bond acceptors (Lipinski definition) is 2. The minimum atomic E-state index is -4.43. The van der Waals surface area contributed by atoms with Crippen molar-refractivity contribution in [2.24, 2.45) is 0 Å². The van der Waals surface area contributed by atoms with Crippen LogP contribution in [0.3, 0.4) is 0 Å². The average molecular weight is 392 g/mol. The number of likely N-dealkylation sites (N-methyl/N-ethyl adjacent to an activating group) is 1. The molecule has 0 spiro atoms. The van der Waals surface area contributed by atoms with E-state index in [-0.39, 0.29) is 23.6 Å². The zero-order chi connectivity index (χ0) is 21.1. The van der Waals surface area contributed by atoms with E-state index in [0.717, 1.165) is 23.3 Å². The SMILES string of the molecule is CC.CN(C(=O)C1CC(N(C)C)c2ccccc21)c1cccc(C(F)(F)F)c1. The number of anilines is 1. The molecule has 2 unspecified atom stereocenters. The Bertz CT molecular complexity index is 817. The van der Waals surface area contributed by atoms with Gasteiger partial charge in [-0.15, -0.1) is 0 Å². The Balaban J connectivity index is 0.00000136. The van der Waals surface area contributed by atoms with Crippen molar-refractivity contribution < 1.29 is 18.0 Å². The Morgan fingerprint density at radius 1 is 0.964 bits per heavy atom. The molecule has 28 heavy (non-hydrogen) atoms. The molecule has 0 aromatic heterocycles. The summed E-state index contributed by atoms with van der Waals surface area (Å²) in [4.78, 5) is 16.5. The molecule has 0 aliphatic heterocycles. The first kappa shape index (κ1) is 22.0. The van der Waals surface area contributed by atoms with E-state index in [1.54, 1.807) is 0 Å². The van der Waals surface area contributed by atoms with Gasteiger partial charge in [0.15, 0.2) is 0 Å². The number of hydrogen-bond donors (Lipinski definition) is 0. The van der Waals surface area contributed by atoms with Gasteiger partial charge in [-0.1, -0.05) is 44.2 Å². The number of amides is 1. The van der Waals surface area contributed by atoms with E-state index in [4.69, 9.17) is 0 Å². The van der Waals surface area contributed by atoms with Crippen LogP contribution in [0.25, 0.3) is 0 Å². The van der Waals surface area contributed by atoms with E-state index in [1.807, 2.05) is 52.2 Å². The van der Waals surface area contributed by atoms with Crippen LogP contribution >= 0.6 is 0 Å². The first-order chi connectivity index (χ1) is 13.2. The molecule has 2 atom stereocenters. The van der Waals surface area contributed by atoms with Crippen molar-refractivity contribution in [3.63, 3.8) is 0 Å². The Morgan fingerprint density at radius 3 is 2.14 bits per heavy atom. The zero-order valence-electron chi connectivity index (χ0n) is 16.9. The van der Waals surface area contributed by atoms with Crippen LogP contribution in [0.15, 0.2) is 48.5 Å². The summed E-state index contributed by atoms with van der Waals surface area (Å²) in [5, 5.41) is 0. The molecule has 6 heteroatoms. The molecule has 0 saturated heterocycles. The lowest BCUT2D eigenvalue weighted by molar-refractivity contribution is -0.137. The van der Waals surface area contributed by atoms with Gasteiger partial charge in [-0.25, -0.2) is 0 Å². The van der Waals surface area contributed by atoms with Gasteiger partial charge in [0.2, 0.25) is 5.91 Å². The molecular weight excluding hydrogens is 365 g/mol. The van der Waals surface area contributed by atoms with Crippen LogP contribution in [-0.2, 0) is 11.0 Å². The highest BCUT2D eigenvalue weighted by Gasteiger charge is 2.38. The van der Waals surface area contributed by atoms with Crippen molar-refractivity contribution >= 4 is 11.6 Å². The third-order valence-corrected chi connectivity index (χ3v) is 5.00. The van der Waals surface area contributed by atoms with Crippen molar-refractivity contribution in [1.29, 1.82) is 0 Å². The molecule has 3 rings (SSSR count). The molecule has 1 aliphatic rings. The summed E-state index contributed by atoms with van der Waals surface area (Å²) < 4.78 is 38.9. The summed E-state index contributed by atoms with van der Waals surface area (Å²) in [5.74, 6) is -0.556. The van der Waals surface area contributed by atoms with E-state index in [1.165, 1.54) is 24.1 Å². The summed E-state index contributed by atoms with van der Waals surface area (Å²) in [5.41, 5.74) is 1.55. The molecule has 0 N–H and O–H groups in total. The van der Waals surface area contributed by atoms with Crippen molar-refractivity contribution in [1.82, 2.24) is 4.90 Å². The highest BCUT2D eigenvalue weighted by molar-refractivity contribution is 5.98. The topological polar surface area (TPSA) is 23.6 Å². The van der Waals surface area contributed by atoms with Crippen LogP contribution in [0.1, 0.15) is 48.9 Å². The van der Waals surface area contributed by atoms with Crippen molar-refractivity contribution in [2.75, 3.05) is 26.0 Å². The van der Waals surface area contributed by atoms with Gasteiger partial charge < -0.3 is 9.80 Å². The molecule has 0 heterocycles. The summed E-state index contributed by atoms with van der Waals surface area (Å²) in [7, 11) is 5.46. The standard InChI is InChI=1S/C20H21F3N2O.C2H6/c1-24(2)18-12-17(15-9-4-5-10-16(15)18)19(26)25(3)14-8-6-7-13(11-14)20(21,22)23;1-2/h4-11,17-18H,12H2,1-3H3;1-2H3. The Kier molecular flexibility index (Phi) is 6.88. The van der Waals surface area contributed by atoms with E-state index < -0.39 is 11.7 Å². The lowest BCUT2D eigenvalue weighted by atomic mass is 9.99. The van der Waals surface area contributed by atoms with Crippen molar-refractivity contribution in [2.45, 2.75) is 38.4 Å². The van der Waals surface area contributed by atoms with Crippen molar-refractivity contribution in [3.8, 4) is 0 Å². The normalized spacial score (nSPS) is 18.3. The number of carbonyl (C=O) groups is 1. The van der Waals surface area contributed by atoms with Gasteiger partial charge in [-0.2, -0.15) is 13.2 Å². The molecule has 2 aromatic rings. The quantitative estimate of drug-likeness (QED) is 0.690. The highest BCUT2D eigenvalue weighted by Crippen LogP contribution is 2.43. The van der Waals surface area contributed by atoms with Crippen molar-refractivity contribution in [3.05, 3.63) is 65.2 Å². The summed E-state index contributed by atoms with van der Waals surface area (Å²) >= 11 is 0. The molecule has 1 amide bonds. The minimum Gasteiger partial charge on any atom is -0.315 e. The number of halogens is 3. The molecule has 0 fully saturated rings. The fourth-order valence-corrected chi connectivity index (χ4v) is 3.58. The molecule has 152 valence electrons. The van der Waals surface area contributed by atoms with Gasteiger partial charge >= 0.3 is 6.18 Å². The molecule has 0 radical (unpaired) electrons. The smallest absolute Gasteiger partial charge is 0.315 e. The summed E-state index contributed by atoms with van der Waals surface area (Å²) in [6, 6.07) is 12.8. The Morgan fingerprint density at radius 2 is 1.57 bits per heavy atom. The van der Waals surface area contributed by atoms with Crippen LogP contribution in [-0.4, -0.2) is 32.0 Å². The molecule has 2 aromatic carbocycles. The summed E-state index contributed by atoms with van der Waals surface area (Å²) in [6.07, 6.45) is -3.82. The first-order valence-corrected chi connectivity index (χ1v) is 9.40. The predicted molar refractivity (Wildman–Crippen MR) is 106 cm³/mol. The van der Waals surface area contributed by atoms with Crippen LogP contribution < -0.4 is 4.90 Å². The molecular formula is C22H27F3N2O. The second kappa shape index (κ2) is 8.78. The number of fused-ring (bicyclic) bond motifs is 1. The molecule has 3 nitrogen and oxygen atoms in total. The Labute approximate surface area is 164 Å². The van der Waals surface area contributed by atoms with Gasteiger partial charge in [-0.3, -0.25) is 4.79 Å². The lowest BCUT2D eigenvalue weighted by Crippen LogP contribution is -2.31. The largest absolute Gasteiger partial charge is 0.416 e. The van der Waals surface area contributed by atoms with E-state index in [2.05, 4.69) is 4.90 Å². The zero-order valence-corrected chi connectivity index (χ0v) is 16.9. The van der Waals surface area contributed by atoms with Gasteiger partial charge in [0.05, 0.1) is 11.5 Å². The highest BCUT2D eigenvalue weighted by atomic mass is 19.4. The average Bonchev–Trinajstić information content (AvgIpc) is 3.08. The van der Waals surface area contributed by atoms with Crippen LogP contribution in [0.2, 0.25) is 0 Å². The second-order valence-corrected chi connectivity index (χ2v) is 6.84. The lowest BCUT2D eigenvalue weighted by Gasteiger charge is -2.24. The van der Waals surface area contributed by atoms with Gasteiger partial charge in [0, 0.05) is 18.8 Å². The maximum atomic E-state index is 13.1. The van der Waals surface area contributed by atoms with Gasteiger partial charge in [0.25, 0.3) is 0 Å². The van der Waals surface area contributed by atoms with Gasteiger partial charge in [0.1, 0.15) is 0 Å². The van der Waals surface area contributed by atoms with Crippen LogP contribution in [0, 0.1) is 0 Å². The van der Waals surface area contributed by atoms with Gasteiger partial charge in [-0.05, 0) is 49.8 Å². The van der Waals surface area contributed by atoms with Crippen LogP contribution in [0.4, 0.5) is 18.9 Å². The number of benzene rings is 2. The third kappa shape index (κ3) is 4.38. The number of nitrogens with zero attached hydrogens (tertiary/aromatic N) is 2. The molecule has 1 aliphatic carbocycles. The number of carbonyl (C=O) groups excluding carboxylic acids is 1.